The molecule has 1 heterocycles. The van der Waals surface area contributed by atoms with Crippen LogP contribution in [0.4, 0.5) is 4.39 Å². The van der Waals surface area contributed by atoms with Crippen molar-refractivity contribution < 1.29 is 9.18 Å². The number of aromatic nitrogens is 1. The number of thioether (sulfide) groups is 1. The molecule has 0 radical (unpaired) electrons. The van der Waals surface area contributed by atoms with E-state index in [1.54, 1.807) is 24.4 Å². The molecule has 4 heteroatoms. The van der Waals surface area contributed by atoms with Crippen molar-refractivity contribution in [2.24, 2.45) is 0 Å². The normalized spacial score (nSPS) is 17.3. The molecule has 3 rings (SSSR count). The highest BCUT2D eigenvalue weighted by Crippen LogP contribution is 2.32. The van der Waals surface area contributed by atoms with Gasteiger partial charge in [-0.1, -0.05) is 18.2 Å². The number of benzene rings is 1. The van der Waals surface area contributed by atoms with E-state index in [1.165, 1.54) is 23.4 Å². The van der Waals surface area contributed by atoms with Gasteiger partial charge in [0.25, 0.3) is 0 Å². The van der Waals surface area contributed by atoms with Crippen molar-refractivity contribution in [1.82, 2.24) is 4.98 Å². The number of nitrogens with zero attached hydrogens (tertiary/aromatic N) is 1. The van der Waals surface area contributed by atoms with Gasteiger partial charge in [-0.3, -0.25) is 9.78 Å². The van der Waals surface area contributed by atoms with Crippen molar-refractivity contribution in [2.75, 3.05) is 5.75 Å². The predicted molar refractivity (Wildman–Crippen MR) is 82.0 cm³/mol. The van der Waals surface area contributed by atoms with Crippen LogP contribution in [0.2, 0.25) is 0 Å². The Morgan fingerprint density at radius 1 is 1.29 bits per heavy atom. The number of fused-ring (bicyclic) bond motifs is 1. The molecule has 0 spiro atoms. The van der Waals surface area contributed by atoms with E-state index < -0.39 is 0 Å². The number of Topliss-reactive ketones (excluding diaryl/α,β-unsaturated/α-hetero) is 1. The number of hydrogen-bond donors (Lipinski definition) is 0. The van der Waals surface area contributed by atoms with Crippen molar-refractivity contribution >= 4 is 17.5 Å². The number of hydrogen-bond acceptors (Lipinski definition) is 3. The summed E-state index contributed by atoms with van der Waals surface area (Å²) in [5, 5.41) is 0. The van der Waals surface area contributed by atoms with Crippen LogP contribution in [0.3, 0.4) is 0 Å². The van der Waals surface area contributed by atoms with Gasteiger partial charge in [-0.05, 0) is 43.0 Å². The summed E-state index contributed by atoms with van der Waals surface area (Å²) in [4.78, 5) is 17.4. The molecule has 1 aliphatic carbocycles. The average molecular weight is 301 g/mol. The first-order valence-electron chi connectivity index (χ1n) is 7.09. The second kappa shape index (κ2) is 6.39. The fourth-order valence-corrected chi connectivity index (χ4v) is 3.61. The van der Waals surface area contributed by atoms with E-state index in [4.69, 9.17) is 0 Å². The lowest BCUT2D eigenvalue weighted by atomic mass is 9.84. The van der Waals surface area contributed by atoms with Crippen LogP contribution in [0.25, 0.3) is 0 Å². The van der Waals surface area contributed by atoms with Gasteiger partial charge in [0.2, 0.25) is 0 Å². The van der Waals surface area contributed by atoms with Crippen molar-refractivity contribution in [3.8, 4) is 0 Å². The molecule has 1 aliphatic rings. The predicted octanol–water partition coefficient (Wildman–Crippen LogP) is 4.00. The second-order valence-corrected chi connectivity index (χ2v) is 6.20. The molecule has 21 heavy (non-hydrogen) atoms. The molecular weight excluding hydrogens is 285 g/mol. The molecule has 1 atom stereocenters. The molecule has 0 saturated carbocycles. The molecule has 0 fully saturated rings. The fourth-order valence-electron chi connectivity index (χ4n) is 2.73. The Hall–Kier alpha value is -1.68. The van der Waals surface area contributed by atoms with Gasteiger partial charge in [-0.15, -0.1) is 11.8 Å². The zero-order valence-corrected chi connectivity index (χ0v) is 12.4. The number of rotatable bonds is 4. The van der Waals surface area contributed by atoms with Crippen molar-refractivity contribution in [1.29, 1.82) is 0 Å². The van der Waals surface area contributed by atoms with Gasteiger partial charge in [0.05, 0.1) is 17.4 Å². The van der Waals surface area contributed by atoms with Crippen LogP contribution in [0.1, 0.15) is 30.0 Å². The summed E-state index contributed by atoms with van der Waals surface area (Å²) < 4.78 is 13.6. The molecule has 1 unspecified atom stereocenters. The van der Waals surface area contributed by atoms with E-state index in [1.807, 2.05) is 12.1 Å². The molecule has 0 amide bonds. The van der Waals surface area contributed by atoms with Crippen LogP contribution in [0, 0.1) is 5.82 Å². The van der Waals surface area contributed by atoms with E-state index in [9.17, 15) is 9.18 Å². The first-order chi connectivity index (χ1) is 10.3. The molecule has 1 aromatic heterocycles. The molecule has 2 aromatic rings. The maximum Gasteiger partial charge on any atom is 0.152 e. The van der Waals surface area contributed by atoms with E-state index in [0.717, 1.165) is 25.0 Å². The molecule has 108 valence electrons. The summed E-state index contributed by atoms with van der Waals surface area (Å²) >= 11 is 1.27. The third kappa shape index (κ3) is 3.16. The third-order valence-electron chi connectivity index (χ3n) is 3.79. The Balaban J connectivity index is 1.71. The zero-order valence-electron chi connectivity index (χ0n) is 11.6. The number of carbonyl (C=O) groups excluding carboxylic acids is 1. The fraction of sp³-hybridized carbons (Fsp3) is 0.294. The maximum atomic E-state index is 13.6. The van der Waals surface area contributed by atoms with Gasteiger partial charge >= 0.3 is 0 Å². The summed E-state index contributed by atoms with van der Waals surface area (Å²) in [5.74, 6) is 0.0383. The molecular formula is C17H16FNOS. The molecule has 0 N–H and O–H groups in total. The van der Waals surface area contributed by atoms with E-state index in [0.29, 0.717) is 10.6 Å². The van der Waals surface area contributed by atoms with Crippen LogP contribution in [0.5, 0.6) is 0 Å². The van der Waals surface area contributed by atoms with Crippen LogP contribution in [-0.4, -0.2) is 16.5 Å². The van der Waals surface area contributed by atoms with Gasteiger partial charge in [-0.2, -0.15) is 0 Å². The summed E-state index contributed by atoms with van der Waals surface area (Å²) in [6.07, 6.45) is 4.60. The van der Waals surface area contributed by atoms with E-state index in [2.05, 4.69) is 4.98 Å². The Morgan fingerprint density at radius 2 is 2.14 bits per heavy atom. The molecule has 1 aromatic carbocycles. The van der Waals surface area contributed by atoms with Crippen LogP contribution < -0.4 is 0 Å². The van der Waals surface area contributed by atoms with Crippen molar-refractivity contribution in [3.63, 3.8) is 0 Å². The number of halogens is 1. The van der Waals surface area contributed by atoms with Crippen LogP contribution in [-0.2, 0) is 11.2 Å². The van der Waals surface area contributed by atoms with Crippen molar-refractivity contribution in [2.45, 2.75) is 30.1 Å². The number of carbonyl (C=O) groups is 1. The Morgan fingerprint density at radius 3 is 3.00 bits per heavy atom. The van der Waals surface area contributed by atoms with Crippen LogP contribution >= 0.6 is 11.8 Å². The highest BCUT2D eigenvalue weighted by Gasteiger charge is 2.27. The van der Waals surface area contributed by atoms with Crippen LogP contribution in [0.15, 0.2) is 47.5 Å². The molecule has 0 saturated heterocycles. The number of ketones is 1. The molecule has 2 nitrogen and oxygen atoms in total. The lowest BCUT2D eigenvalue weighted by molar-refractivity contribution is -0.118. The van der Waals surface area contributed by atoms with Gasteiger partial charge in [0.15, 0.2) is 5.78 Å². The standard InChI is InChI=1S/C17H16FNOS/c18-14-8-1-2-9-16(14)21-11-15(20)13-7-3-5-12-6-4-10-19-17(12)13/h1-2,4,6,8-10,13H,3,5,7,11H2. The van der Waals surface area contributed by atoms with E-state index >= 15 is 0 Å². The second-order valence-electron chi connectivity index (χ2n) is 5.18. The Bertz CT molecular complexity index is 659. The SMILES string of the molecule is O=C(CSc1ccccc1F)C1CCCc2cccnc21. The largest absolute Gasteiger partial charge is 0.298 e. The summed E-state index contributed by atoms with van der Waals surface area (Å²) in [6, 6.07) is 10.5. The lowest BCUT2D eigenvalue weighted by Crippen LogP contribution is -2.21. The average Bonchev–Trinajstić information content (AvgIpc) is 2.53. The quantitative estimate of drug-likeness (QED) is 0.799. The van der Waals surface area contributed by atoms with Gasteiger partial charge in [-0.25, -0.2) is 4.39 Å². The smallest absolute Gasteiger partial charge is 0.152 e. The van der Waals surface area contributed by atoms with Gasteiger partial charge < -0.3 is 0 Å². The zero-order chi connectivity index (χ0) is 14.7. The molecule has 0 bridgehead atoms. The van der Waals surface area contributed by atoms with Gasteiger partial charge in [0.1, 0.15) is 5.82 Å². The number of pyridine rings is 1. The highest BCUT2D eigenvalue weighted by atomic mass is 32.2. The minimum atomic E-state index is -0.266. The highest BCUT2D eigenvalue weighted by molar-refractivity contribution is 8.00. The topological polar surface area (TPSA) is 30.0 Å². The monoisotopic (exact) mass is 301 g/mol. The van der Waals surface area contributed by atoms with Crippen molar-refractivity contribution in [3.05, 3.63) is 59.7 Å². The minimum absolute atomic E-state index is 0.130. The first kappa shape index (κ1) is 14.3. The molecule has 0 aliphatic heterocycles. The number of aryl methyl sites for hydroxylation is 1. The third-order valence-corrected chi connectivity index (χ3v) is 4.86. The Kier molecular flexibility index (Phi) is 4.34. The van der Waals surface area contributed by atoms with Gasteiger partial charge in [0, 0.05) is 11.1 Å². The first-order valence-corrected chi connectivity index (χ1v) is 8.08. The summed E-state index contributed by atoms with van der Waals surface area (Å²) in [7, 11) is 0. The lowest BCUT2D eigenvalue weighted by Gasteiger charge is -2.23. The minimum Gasteiger partial charge on any atom is -0.298 e. The maximum absolute atomic E-state index is 13.6. The Labute approximate surface area is 127 Å². The van der Waals surface area contributed by atoms with E-state index in [-0.39, 0.29) is 17.5 Å². The summed E-state index contributed by atoms with van der Waals surface area (Å²) in [6.45, 7) is 0. The summed E-state index contributed by atoms with van der Waals surface area (Å²) in [5.41, 5.74) is 2.10.